The minimum absolute atomic E-state index is 0. The van der Waals surface area contributed by atoms with Gasteiger partial charge in [0, 0.05) is 6.42 Å². The summed E-state index contributed by atoms with van der Waals surface area (Å²) in [6.45, 7) is 1.99. The summed E-state index contributed by atoms with van der Waals surface area (Å²) in [4.78, 5) is 7.75. The van der Waals surface area contributed by atoms with Gasteiger partial charge < -0.3 is 14.8 Å². The number of hydrogen-bond acceptors (Lipinski definition) is 3. The average Bonchev–Trinajstić information content (AvgIpc) is 2.89. The maximum absolute atomic E-state index is 9.86. The highest BCUT2D eigenvalue weighted by Crippen LogP contribution is 2.26. The number of rotatable bonds is 3. The van der Waals surface area contributed by atoms with Gasteiger partial charge in [0.1, 0.15) is 22.8 Å². The van der Waals surface area contributed by atoms with Gasteiger partial charge in [0.15, 0.2) is 0 Å². The average molecular weight is 305 g/mol. The van der Waals surface area contributed by atoms with Gasteiger partial charge in [-0.1, -0.05) is 18.2 Å². The number of phenols is 1. The van der Waals surface area contributed by atoms with E-state index in [4.69, 9.17) is 4.74 Å². The fourth-order valence-electron chi connectivity index (χ4n) is 2.28. The second-order valence-electron chi connectivity index (χ2n) is 4.83. The van der Waals surface area contributed by atoms with Crippen LogP contribution < -0.4 is 4.74 Å². The third-order valence-corrected chi connectivity index (χ3v) is 3.40. The number of halogens is 1. The van der Waals surface area contributed by atoms with Crippen molar-refractivity contribution >= 4 is 23.4 Å². The molecule has 3 aromatic rings. The van der Waals surface area contributed by atoms with Crippen LogP contribution in [0.3, 0.4) is 0 Å². The van der Waals surface area contributed by atoms with Crippen LogP contribution in [0.25, 0.3) is 11.0 Å². The number of methoxy groups -OCH3 is 1. The number of nitrogens with zero attached hydrogens (tertiary/aromatic N) is 1. The van der Waals surface area contributed by atoms with Crippen LogP contribution in [0.5, 0.6) is 11.5 Å². The standard InChI is InChI=1S/C16H16N2O2.ClH/c1-10-3-8-13(19)16-15(10)17-14(18-16)9-11-4-6-12(20-2)7-5-11;/h3-8,19H,9H2,1-2H3,(H,17,18);1H. The van der Waals surface area contributed by atoms with Crippen molar-refractivity contribution < 1.29 is 9.84 Å². The lowest BCUT2D eigenvalue weighted by molar-refractivity contribution is 0.414. The summed E-state index contributed by atoms with van der Waals surface area (Å²) in [5, 5.41) is 9.86. The van der Waals surface area contributed by atoms with Gasteiger partial charge in [-0.05, 0) is 36.2 Å². The summed E-state index contributed by atoms with van der Waals surface area (Å²) in [6.07, 6.45) is 0.692. The fourth-order valence-corrected chi connectivity index (χ4v) is 2.28. The minimum atomic E-state index is 0. The summed E-state index contributed by atoms with van der Waals surface area (Å²) in [5.41, 5.74) is 3.72. The van der Waals surface area contributed by atoms with Gasteiger partial charge in [-0.2, -0.15) is 0 Å². The van der Waals surface area contributed by atoms with E-state index in [0.29, 0.717) is 11.9 Å². The number of fused-ring (bicyclic) bond motifs is 1. The van der Waals surface area contributed by atoms with Crippen LogP contribution in [0.15, 0.2) is 36.4 Å². The molecule has 1 heterocycles. The SMILES string of the molecule is COc1ccc(Cc2nc3c(C)ccc(O)c3[nH]2)cc1.Cl. The molecule has 0 saturated heterocycles. The van der Waals surface area contributed by atoms with Crippen LogP contribution in [0.1, 0.15) is 17.0 Å². The van der Waals surface area contributed by atoms with Gasteiger partial charge in [0.2, 0.25) is 0 Å². The van der Waals surface area contributed by atoms with Crippen molar-refractivity contribution in [1.82, 2.24) is 9.97 Å². The van der Waals surface area contributed by atoms with Crippen molar-refractivity contribution in [2.24, 2.45) is 0 Å². The molecule has 1 aromatic heterocycles. The summed E-state index contributed by atoms with van der Waals surface area (Å²) in [6, 6.07) is 11.4. The Hall–Kier alpha value is -2.20. The molecule has 0 aliphatic heterocycles. The lowest BCUT2D eigenvalue weighted by atomic mass is 10.1. The van der Waals surface area contributed by atoms with E-state index in [1.165, 1.54) is 0 Å². The van der Waals surface area contributed by atoms with Crippen LogP contribution in [0.2, 0.25) is 0 Å². The van der Waals surface area contributed by atoms with E-state index >= 15 is 0 Å². The van der Waals surface area contributed by atoms with Crippen molar-refractivity contribution in [2.45, 2.75) is 13.3 Å². The molecule has 0 aliphatic rings. The molecule has 0 bridgehead atoms. The quantitative estimate of drug-likeness (QED) is 0.777. The van der Waals surface area contributed by atoms with Gasteiger partial charge in [-0.15, -0.1) is 12.4 Å². The van der Waals surface area contributed by atoms with E-state index < -0.39 is 0 Å². The summed E-state index contributed by atoms with van der Waals surface area (Å²) in [5.74, 6) is 1.92. The molecule has 2 aromatic carbocycles. The van der Waals surface area contributed by atoms with Gasteiger partial charge >= 0.3 is 0 Å². The van der Waals surface area contributed by atoms with E-state index in [1.807, 2.05) is 37.3 Å². The smallest absolute Gasteiger partial charge is 0.141 e. The van der Waals surface area contributed by atoms with Crippen molar-refractivity contribution in [3.05, 3.63) is 53.3 Å². The number of aromatic nitrogens is 2. The van der Waals surface area contributed by atoms with Gasteiger partial charge in [-0.25, -0.2) is 4.98 Å². The van der Waals surface area contributed by atoms with Crippen molar-refractivity contribution in [3.63, 3.8) is 0 Å². The number of aromatic hydroxyl groups is 1. The third-order valence-electron chi connectivity index (χ3n) is 3.40. The highest BCUT2D eigenvalue weighted by atomic mass is 35.5. The predicted octanol–water partition coefficient (Wildman–Crippen LogP) is 3.60. The zero-order chi connectivity index (χ0) is 14.1. The Bertz CT molecular complexity index is 712. The van der Waals surface area contributed by atoms with Gasteiger partial charge in [-0.3, -0.25) is 0 Å². The Morgan fingerprint density at radius 2 is 1.86 bits per heavy atom. The molecule has 3 rings (SSSR count). The molecule has 0 spiro atoms. The Balaban J connectivity index is 0.00000161. The number of ether oxygens (including phenoxy) is 1. The first-order valence-electron chi connectivity index (χ1n) is 6.47. The Labute approximate surface area is 129 Å². The summed E-state index contributed by atoms with van der Waals surface area (Å²) in [7, 11) is 1.65. The largest absolute Gasteiger partial charge is 0.506 e. The first-order chi connectivity index (χ1) is 9.67. The van der Waals surface area contributed by atoms with Crippen LogP contribution >= 0.6 is 12.4 Å². The number of aryl methyl sites for hydroxylation is 1. The van der Waals surface area contributed by atoms with Crippen molar-refractivity contribution in [3.8, 4) is 11.5 Å². The minimum Gasteiger partial charge on any atom is -0.506 e. The molecule has 0 fully saturated rings. The maximum Gasteiger partial charge on any atom is 0.141 e. The lowest BCUT2D eigenvalue weighted by Gasteiger charge is -2.01. The second-order valence-corrected chi connectivity index (χ2v) is 4.83. The molecule has 2 N–H and O–H groups in total. The number of hydrogen-bond donors (Lipinski definition) is 2. The topological polar surface area (TPSA) is 58.1 Å². The predicted molar refractivity (Wildman–Crippen MR) is 85.5 cm³/mol. The van der Waals surface area contributed by atoms with E-state index in [2.05, 4.69) is 9.97 Å². The van der Waals surface area contributed by atoms with Crippen molar-refractivity contribution in [2.75, 3.05) is 7.11 Å². The zero-order valence-electron chi connectivity index (χ0n) is 11.9. The first kappa shape index (κ1) is 15.2. The highest BCUT2D eigenvalue weighted by molar-refractivity contribution is 5.85. The van der Waals surface area contributed by atoms with Gasteiger partial charge in [0.05, 0.1) is 12.6 Å². The lowest BCUT2D eigenvalue weighted by Crippen LogP contribution is -1.91. The Morgan fingerprint density at radius 1 is 1.14 bits per heavy atom. The molecule has 0 atom stereocenters. The maximum atomic E-state index is 9.86. The summed E-state index contributed by atoms with van der Waals surface area (Å²) < 4.78 is 5.14. The van der Waals surface area contributed by atoms with E-state index in [0.717, 1.165) is 28.2 Å². The molecule has 0 radical (unpaired) electrons. The van der Waals surface area contributed by atoms with Crippen LogP contribution in [0.4, 0.5) is 0 Å². The van der Waals surface area contributed by atoms with E-state index in [9.17, 15) is 5.11 Å². The van der Waals surface area contributed by atoms with E-state index in [-0.39, 0.29) is 18.2 Å². The molecule has 5 heteroatoms. The van der Waals surface area contributed by atoms with Gasteiger partial charge in [0.25, 0.3) is 0 Å². The molecule has 0 saturated carbocycles. The first-order valence-corrected chi connectivity index (χ1v) is 6.47. The molecule has 110 valence electrons. The Morgan fingerprint density at radius 3 is 2.48 bits per heavy atom. The third kappa shape index (κ3) is 2.95. The number of benzene rings is 2. The van der Waals surface area contributed by atoms with Crippen LogP contribution in [-0.4, -0.2) is 22.2 Å². The molecular formula is C16H17ClN2O2. The summed E-state index contributed by atoms with van der Waals surface area (Å²) >= 11 is 0. The monoisotopic (exact) mass is 304 g/mol. The van der Waals surface area contributed by atoms with Crippen LogP contribution in [-0.2, 0) is 6.42 Å². The number of phenolic OH excluding ortho intramolecular Hbond substituents is 1. The van der Waals surface area contributed by atoms with Crippen molar-refractivity contribution in [1.29, 1.82) is 0 Å². The molecule has 0 unspecified atom stereocenters. The molecular weight excluding hydrogens is 288 g/mol. The molecule has 0 amide bonds. The number of nitrogens with one attached hydrogen (secondary N) is 1. The molecule has 21 heavy (non-hydrogen) atoms. The number of H-pyrrole nitrogens is 1. The Kier molecular flexibility index (Phi) is 4.38. The second kappa shape index (κ2) is 6.06. The molecule has 4 nitrogen and oxygen atoms in total. The zero-order valence-corrected chi connectivity index (χ0v) is 12.7. The normalized spacial score (nSPS) is 10.4. The van der Waals surface area contributed by atoms with Crippen LogP contribution in [0, 0.1) is 6.92 Å². The molecule has 0 aliphatic carbocycles. The fraction of sp³-hybridized carbons (Fsp3) is 0.188. The van der Waals surface area contributed by atoms with E-state index in [1.54, 1.807) is 13.2 Å². The number of aromatic amines is 1. The number of imidazole rings is 1. The highest BCUT2D eigenvalue weighted by Gasteiger charge is 2.09.